The van der Waals surface area contributed by atoms with E-state index in [0.717, 1.165) is 6.42 Å². The van der Waals surface area contributed by atoms with Crippen LogP contribution >= 0.6 is 23.2 Å². The van der Waals surface area contributed by atoms with Crippen LogP contribution in [0, 0.1) is 0 Å². The van der Waals surface area contributed by atoms with Crippen molar-refractivity contribution in [1.29, 1.82) is 0 Å². The molecule has 0 aromatic heterocycles. The van der Waals surface area contributed by atoms with Gasteiger partial charge in [-0.2, -0.15) is 0 Å². The van der Waals surface area contributed by atoms with Gasteiger partial charge in [0.15, 0.2) is 0 Å². The molecule has 0 saturated carbocycles. The first-order valence-corrected chi connectivity index (χ1v) is 12.0. The van der Waals surface area contributed by atoms with Gasteiger partial charge in [0, 0.05) is 24.2 Å². The van der Waals surface area contributed by atoms with Gasteiger partial charge >= 0.3 is 23.9 Å². The Bertz CT molecular complexity index is 1050. The molecule has 1 aliphatic rings. The number of hydrogen-bond acceptors (Lipinski definition) is 8. The Balaban J connectivity index is 0.000000960. The van der Waals surface area contributed by atoms with Crippen LogP contribution in [-0.4, -0.2) is 42.9 Å². The highest BCUT2D eigenvalue weighted by molar-refractivity contribution is 6.42. The number of carbonyl (C=O) groups excluding carboxylic acids is 3. The molecule has 1 heterocycles. The lowest BCUT2D eigenvalue weighted by Crippen LogP contribution is -2.32. The predicted octanol–water partition coefficient (Wildman–Crippen LogP) is 5.12. The lowest BCUT2D eigenvalue weighted by atomic mass is 9.80. The first kappa shape index (κ1) is 31.0. The summed E-state index contributed by atoms with van der Waals surface area (Å²) in [6, 6.07) is 4.94. The first-order chi connectivity index (χ1) is 17.0. The molecule has 0 fully saturated rings. The van der Waals surface area contributed by atoms with E-state index >= 15 is 0 Å². The molecule has 2 N–H and O–H groups in total. The molecule has 0 spiro atoms. The number of carboxylic acid groups (broad SMARTS) is 1. The van der Waals surface area contributed by atoms with Gasteiger partial charge in [-0.3, -0.25) is 9.59 Å². The van der Waals surface area contributed by atoms with Crippen LogP contribution in [0.4, 0.5) is 0 Å². The Labute approximate surface area is 220 Å². The Morgan fingerprint density at radius 2 is 1.53 bits per heavy atom. The van der Waals surface area contributed by atoms with Crippen molar-refractivity contribution in [2.24, 2.45) is 0 Å². The van der Waals surface area contributed by atoms with Gasteiger partial charge in [-0.15, -0.1) is 0 Å². The van der Waals surface area contributed by atoms with Crippen molar-refractivity contribution in [2.45, 2.75) is 59.3 Å². The molecular formula is C25H31Cl2NO8. The Kier molecular flexibility index (Phi) is 13.0. The molecule has 0 saturated heterocycles. The largest absolute Gasteiger partial charge is 0.481 e. The fraction of sp³-hybridized carbons (Fsp3) is 0.440. The van der Waals surface area contributed by atoms with Crippen LogP contribution in [0.25, 0.3) is 0 Å². The van der Waals surface area contributed by atoms with Crippen molar-refractivity contribution in [1.82, 2.24) is 5.32 Å². The van der Waals surface area contributed by atoms with Gasteiger partial charge in [-0.1, -0.05) is 49.2 Å². The van der Waals surface area contributed by atoms with Crippen molar-refractivity contribution in [3.8, 4) is 0 Å². The van der Waals surface area contributed by atoms with E-state index in [1.807, 2.05) is 13.8 Å². The zero-order chi connectivity index (χ0) is 27.4. The maximum atomic E-state index is 12.9. The maximum Gasteiger partial charge on any atom is 0.339 e. The maximum absolute atomic E-state index is 12.9. The van der Waals surface area contributed by atoms with Crippen LogP contribution in [0.1, 0.15) is 64.9 Å². The van der Waals surface area contributed by atoms with Crippen molar-refractivity contribution in [3.63, 3.8) is 0 Å². The molecular weight excluding hydrogens is 513 g/mol. The smallest absolute Gasteiger partial charge is 0.339 e. The van der Waals surface area contributed by atoms with Crippen LogP contribution in [-0.2, 0) is 33.4 Å². The number of rotatable bonds is 9. The molecule has 9 nitrogen and oxygen atoms in total. The zero-order valence-electron chi connectivity index (χ0n) is 20.9. The van der Waals surface area contributed by atoms with Gasteiger partial charge in [-0.05, 0) is 38.3 Å². The third-order valence-electron chi connectivity index (χ3n) is 5.01. The summed E-state index contributed by atoms with van der Waals surface area (Å²) in [4.78, 5) is 46.6. The summed E-state index contributed by atoms with van der Waals surface area (Å²) in [6.45, 7) is 6.49. The second-order valence-electron chi connectivity index (χ2n) is 7.73. The van der Waals surface area contributed by atoms with Gasteiger partial charge in [0.2, 0.25) is 6.79 Å². The van der Waals surface area contributed by atoms with Crippen LogP contribution < -0.4 is 5.32 Å². The van der Waals surface area contributed by atoms with Gasteiger partial charge < -0.3 is 24.6 Å². The lowest BCUT2D eigenvalue weighted by molar-refractivity contribution is -0.164. The van der Waals surface area contributed by atoms with Crippen molar-refractivity contribution < 1.29 is 38.5 Å². The third kappa shape index (κ3) is 8.57. The molecule has 1 atom stereocenters. The zero-order valence-corrected chi connectivity index (χ0v) is 22.4. The van der Waals surface area contributed by atoms with E-state index in [-0.39, 0.29) is 27.6 Å². The number of hydrogen-bond donors (Lipinski definition) is 2. The van der Waals surface area contributed by atoms with E-state index in [2.05, 4.69) is 5.32 Å². The van der Waals surface area contributed by atoms with E-state index < -0.39 is 36.6 Å². The molecule has 1 aromatic carbocycles. The number of aliphatic carboxylic acids is 1. The number of esters is 3. The fourth-order valence-electron chi connectivity index (χ4n) is 3.42. The fourth-order valence-corrected chi connectivity index (χ4v) is 3.83. The highest BCUT2D eigenvalue weighted by Crippen LogP contribution is 2.43. The number of allylic oxidation sites excluding steroid dienone is 2. The van der Waals surface area contributed by atoms with Crippen molar-refractivity contribution in [3.05, 3.63) is 56.3 Å². The molecule has 0 amide bonds. The highest BCUT2D eigenvalue weighted by atomic mass is 35.5. The number of dihydropyridines is 1. The minimum Gasteiger partial charge on any atom is -0.481 e. The third-order valence-corrected chi connectivity index (χ3v) is 5.84. The summed E-state index contributed by atoms with van der Waals surface area (Å²) in [5.74, 6) is -3.47. The number of ether oxygens (including phenoxy) is 3. The summed E-state index contributed by atoms with van der Waals surface area (Å²) < 4.78 is 15.0. The molecule has 11 heteroatoms. The quantitative estimate of drug-likeness (QED) is 0.322. The van der Waals surface area contributed by atoms with Crippen LogP contribution in [0.3, 0.4) is 0 Å². The van der Waals surface area contributed by atoms with E-state index in [9.17, 15) is 19.2 Å². The van der Waals surface area contributed by atoms with Crippen LogP contribution in [0.15, 0.2) is 40.7 Å². The summed E-state index contributed by atoms with van der Waals surface area (Å²) >= 11 is 12.6. The van der Waals surface area contributed by atoms with Gasteiger partial charge in [0.1, 0.15) is 0 Å². The molecule has 0 bridgehead atoms. The number of nitrogens with one attached hydrogen (secondary N) is 1. The predicted molar refractivity (Wildman–Crippen MR) is 134 cm³/mol. The second kappa shape index (κ2) is 15.2. The number of carboxylic acids is 1. The second-order valence-corrected chi connectivity index (χ2v) is 8.51. The van der Waals surface area contributed by atoms with E-state index in [1.54, 1.807) is 32.0 Å². The average molecular weight is 544 g/mol. The molecule has 0 aliphatic carbocycles. The molecule has 2 rings (SSSR count). The van der Waals surface area contributed by atoms with E-state index in [1.165, 1.54) is 7.11 Å². The number of carbonyl (C=O) groups is 4. The minimum atomic E-state index is -0.885. The van der Waals surface area contributed by atoms with Gasteiger partial charge in [-0.25, -0.2) is 9.59 Å². The summed E-state index contributed by atoms with van der Waals surface area (Å²) in [5, 5.41) is 11.4. The molecule has 198 valence electrons. The molecule has 0 radical (unpaired) electrons. The van der Waals surface area contributed by atoms with E-state index in [4.69, 9.17) is 42.5 Å². The van der Waals surface area contributed by atoms with Crippen molar-refractivity contribution >= 4 is 47.1 Å². The Morgan fingerprint density at radius 1 is 0.944 bits per heavy atom. The van der Waals surface area contributed by atoms with Crippen molar-refractivity contribution in [2.75, 3.05) is 13.9 Å². The standard InChI is InChI=1S/C21H23Cl2NO6.C4H8O2/c1-5-7-15(25)29-10-30-21(27)17-12(3)24-11(2)16(20(26)28-4)18(17)13-8-6-9-14(22)19(13)23;1-2-3-4(5)6/h6,8-9,18,24H,5,7,10H2,1-4H3;2-3H2,1H3,(H,5,6). The number of halogens is 2. The first-order valence-electron chi connectivity index (χ1n) is 11.2. The van der Waals surface area contributed by atoms with Gasteiger partial charge in [0.25, 0.3) is 0 Å². The Hall–Kier alpha value is -3.04. The number of methoxy groups -OCH3 is 1. The normalized spacial score (nSPS) is 14.8. The lowest BCUT2D eigenvalue weighted by Gasteiger charge is -2.30. The monoisotopic (exact) mass is 543 g/mol. The summed E-state index contributed by atoms with van der Waals surface area (Å²) in [7, 11) is 1.25. The van der Waals surface area contributed by atoms with E-state index in [0.29, 0.717) is 29.8 Å². The molecule has 36 heavy (non-hydrogen) atoms. The Morgan fingerprint density at radius 3 is 2.03 bits per heavy atom. The topological polar surface area (TPSA) is 128 Å². The summed E-state index contributed by atoms with van der Waals surface area (Å²) in [6.07, 6.45) is 1.86. The molecule has 1 aliphatic heterocycles. The average Bonchev–Trinajstić information content (AvgIpc) is 2.80. The SMILES string of the molecule is CCCC(=O)O.CCCC(=O)OCOC(=O)C1=C(C)NC(C)=C(C(=O)OC)C1c1cccc(Cl)c1Cl. The molecule has 1 unspecified atom stereocenters. The van der Waals surface area contributed by atoms with Crippen LogP contribution in [0.5, 0.6) is 0 Å². The summed E-state index contributed by atoms with van der Waals surface area (Å²) in [5.41, 5.74) is 1.75. The number of benzene rings is 1. The highest BCUT2D eigenvalue weighted by Gasteiger charge is 2.39. The van der Waals surface area contributed by atoms with Gasteiger partial charge in [0.05, 0.1) is 34.2 Å². The minimum absolute atomic E-state index is 0.136. The van der Waals surface area contributed by atoms with Crippen LogP contribution in [0.2, 0.25) is 10.0 Å². The molecule has 1 aromatic rings.